The molecule has 1 aromatic carbocycles. The molecule has 1 aliphatic carbocycles. The second kappa shape index (κ2) is 10.6. The summed E-state index contributed by atoms with van der Waals surface area (Å²) in [5.74, 6) is -0.229. The molecular weight excluding hydrogens is 442 g/mol. The van der Waals surface area contributed by atoms with E-state index in [1.165, 1.54) is 16.7 Å². The number of aromatic nitrogens is 1. The zero-order valence-electron chi connectivity index (χ0n) is 20.1. The molecule has 2 saturated heterocycles. The van der Waals surface area contributed by atoms with Crippen LogP contribution in [-0.4, -0.2) is 82.7 Å². The largest absolute Gasteiger partial charge is 0.351 e. The van der Waals surface area contributed by atoms with E-state index in [2.05, 4.69) is 27.3 Å². The highest BCUT2D eigenvalue weighted by molar-refractivity contribution is 5.90. The summed E-state index contributed by atoms with van der Waals surface area (Å²) in [5, 5.41) is 3.08. The molecule has 0 saturated carbocycles. The van der Waals surface area contributed by atoms with Crippen LogP contribution in [0, 0.1) is 5.92 Å². The third kappa shape index (κ3) is 5.70. The Kier molecular flexibility index (Phi) is 7.08. The molecule has 0 bridgehead atoms. The lowest BCUT2D eigenvalue weighted by molar-refractivity contribution is -0.149. The lowest BCUT2D eigenvalue weighted by Crippen LogP contribution is -2.56. The van der Waals surface area contributed by atoms with E-state index in [0.29, 0.717) is 13.1 Å². The molecule has 0 radical (unpaired) electrons. The van der Waals surface area contributed by atoms with Crippen LogP contribution in [0.4, 0.5) is 0 Å². The molecule has 8 heteroatoms. The summed E-state index contributed by atoms with van der Waals surface area (Å²) in [4.78, 5) is 48.1. The number of amides is 3. The summed E-state index contributed by atoms with van der Waals surface area (Å²) in [6, 6.07) is 12.4. The van der Waals surface area contributed by atoms with Gasteiger partial charge in [0.2, 0.25) is 17.7 Å². The summed E-state index contributed by atoms with van der Waals surface area (Å²) >= 11 is 0. The highest BCUT2D eigenvalue weighted by Crippen LogP contribution is 2.23. The molecular formula is C27H33N5O3. The fourth-order valence-electron chi connectivity index (χ4n) is 5.51. The van der Waals surface area contributed by atoms with Crippen molar-refractivity contribution in [3.63, 3.8) is 0 Å². The van der Waals surface area contributed by atoms with Gasteiger partial charge in [-0.2, -0.15) is 0 Å². The standard InChI is InChI=1S/C27H33N5O3/c33-25(29-24-15-22-3-1-2-4-23(22)16-24)18-31-13-14-32(19-26(31)34)27(35)21-7-11-30(12-8-21)17-20-5-9-28-10-6-20/h1-6,9-10,21,24H,7-8,11-19H2,(H,29,33). The molecule has 0 atom stereocenters. The van der Waals surface area contributed by atoms with Crippen LogP contribution in [-0.2, 0) is 33.8 Å². The average molecular weight is 476 g/mol. The van der Waals surface area contributed by atoms with Crippen molar-refractivity contribution in [1.29, 1.82) is 0 Å². The number of pyridine rings is 1. The number of nitrogens with zero attached hydrogens (tertiary/aromatic N) is 4. The Morgan fingerprint density at radius 2 is 1.63 bits per heavy atom. The molecule has 184 valence electrons. The van der Waals surface area contributed by atoms with Gasteiger partial charge in [0.25, 0.3) is 0 Å². The normalized spacial score (nSPS) is 19.6. The van der Waals surface area contributed by atoms with Crippen molar-refractivity contribution < 1.29 is 14.4 Å². The van der Waals surface area contributed by atoms with E-state index in [4.69, 9.17) is 0 Å². The van der Waals surface area contributed by atoms with Gasteiger partial charge in [-0.25, -0.2) is 0 Å². The topological polar surface area (TPSA) is 85.9 Å². The predicted octanol–water partition coefficient (Wildman–Crippen LogP) is 1.25. The lowest BCUT2D eigenvalue weighted by Gasteiger charge is -2.38. The van der Waals surface area contributed by atoms with Gasteiger partial charge in [0.15, 0.2) is 0 Å². The maximum Gasteiger partial charge on any atom is 0.242 e. The highest BCUT2D eigenvalue weighted by Gasteiger charge is 2.34. The molecule has 0 spiro atoms. The third-order valence-electron chi connectivity index (χ3n) is 7.47. The van der Waals surface area contributed by atoms with E-state index in [1.54, 1.807) is 22.2 Å². The number of benzene rings is 1. The second-order valence-corrected chi connectivity index (χ2v) is 9.92. The molecule has 3 heterocycles. The van der Waals surface area contributed by atoms with Crippen molar-refractivity contribution >= 4 is 17.7 Å². The highest BCUT2D eigenvalue weighted by atomic mass is 16.2. The third-order valence-corrected chi connectivity index (χ3v) is 7.47. The first-order valence-electron chi connectivity index (χ1n) is 12.6. The number of fused-ring (bicyclic) bond motifs is 1. The van der Waals surface area contributed by atoms with Gasteiger partial charge in [0, 0.05) is 44.0 Å². The van der Waals surface area contributed by atoms with Gasteiger partial charge in [-0.1, -0.05) is 24.3 Å². The molecule has 0 unspecified atom stereocenters. The van der Waals surface area contributed by atoms with E-state index in [0.717, 1.165) is 45.3 Å². The lowest BCUT2D eigenvalue weighted by atomic mass is 9.94. The Morgan fingerprint density at radius 3 is 2.29 bits per heavy atom. The minimum atomic E-state index is -0.149. The smallest absolute Gasteiger partial charge is 0.242 e. The number of piperidine rings is 1. The molecule has 5 rings (SSSR count). The van der Waals surface area contributed by atoms with Gasteiger partial charge in [-0.15, -0.1) is 0 Å². The molecule has 3 amide bonds. The molecule has 3 aliphatic rings. The molecule has 35 heavy (non-hydrogen) atoms. The molecule has 2 aromatic rings. The van der Waals surface area contributed by atoms with Gasteiger partial charge in [0.05, 0.1) is 13.1 Å². The molecule has 1 aromatic heterocycles. The van der Waals surface area contributed by atoms with E-state index >= 15 is 0 Å². The Balaban J connectivity index is 1.05. The van der Waals surface area contributed by atoms with Crippen molar-refractivity contribution in [2.75, 3.05) is 39.3 Å². The van der Waals surface area contributed by atoms with Crippen LogP contribution < -0.4 is 5.32 Å². The maximum absolute atomic E-state index is 13.1. The number of nitrogens with one attached hydrogen (secondary N) is 1. The minimum Gasteiger partial charge on any atom is -0.351 e. The minimum absolute atomic E-state index is 0.0321. The quantitative estimate of drug-likeness (QED) is 0.680. The number of hydrogen-bond donors (Lipinski definition) is 1. The van der Waals surface area contributed by atoms with E-state index in [1.807, 2.05) is 24.3 Å². The monoisotopic (exact) mass is 475 g/mol. The zero-order valence-corrected chi connectivity index (χ0v) is 20.1. The fraction of sp³-hybridized carbons (Fsp3) is 0.481. The molecule has 2 aliphatic heterocycles. The van der Waals surface area contributed by atoms with Crippen LogP contribution in [0.3, 0.4) is 0 Å². The first-order chi connectivity index (χ1) is 17.0. The average Bonchev–Trinajstić information content (AvgIpc) is 3.28. The Morgan fingerprint density at radius 1 is 0.943 bits per heavy atom. The number of hydrogen-bond acceptors (Lipinski definition) is 5. The van der Waals surface area contributed by atoms with Crippen molar-refractivity contribution in [2.24, 2.45) is 5.92 Å². The molecule has 1 N–H and O–H groups in total. The molecule has 8 nitrogen and oxygen atoms in total. The summed E-state index contributed by atoms with van der Waals surface area (Å²) < 4.78 is 0. The summed E-state index contributed by atoms with van der Waals surface area (Å²) in [6.07, 6.45) is 6.90. The number of likely N-dealkylation sites (tertiary alicyclic amines) is 1. The van der Waals surface area contributed by atoms with Gasteiger partial charge in [-0.3, -0.25) is 24.3 Å². The van der Waals surface area contributed by atoms with Crippen LogP contribution in [0.1, 0.15) is 29.5 Å². The van der Waals surface area contributed by atoms with Crippen molar-refractivity contribution in [1.82, 2.24) is 25.0 Å². The van der Waals surface area contributed by atoms with Crippen LogP contribution in [0.15, 0.2) is 48.8 Å². The first kappa shape index (κ1) is 23.5. The Hall–Kier alpha value is -3.26. The zero-order chi connectivity index (χ0) is 24.2. The fourth-order valence-corrected chi connectivity index (χ4v) is 5.51. The van der Waals surface area contributed by atoms with E-state index < -0.39 is 0 Å². The van der Waals surface area contributed by atoms with Crippen LogP contribution in [0.25, 0.3) is 0 Å². The summed E-state index contributed by atoms with van der Waals surface area (Å²) in [5.41, 5.74) is 3.79. The van der Waals surface area contributed by atoms with Crippen molar-refractivity contribution in [3.8, 4) is 0 Å². The predicted molar refractivity (Wildman–Crippen MR) is 131 cm³/mol. The van der Waals surface area contributed by atoms with Crippen LogP contribution in [0.5, 0.6) is 0 Å². The number of piperazine rings is 1. The van der Waals surface area contributed by atoms with Crippen molar-refractivity contribution in [3.05, 3.63) is 65.5 Å². The Bertz CT molecular complexity index is 1040. The van der Waals surface area contributed by atoms with Gasteiger partial charge >= 0.3 is 0 Å². The number of carbonyl (C=O) groups excluding carboxylic acids is 3. The van der Waals surface area contributed by atoms with Gasteiger partial charge in [-0.05, 0) is 67.6 Å². The summed E-state index contributed by atoms with van der Waals surface area (Å²) in [7, 11) is 0. The SMILES string of the molecule is O=C(CN1CCN(C(=O)C2CCN(Cc3ccncc3)CC2)CC1=O)NC1Cc2ccccc2C1. The van der Waals surface area contributed by atoms with Crippen molar-refractivity contribution in [2.45, 2.75) is 38.3 Å². The number of carbonyl (C=O) groups is 3. The first-order valence-corrected chi connectivity index (χ1v) is 12.6. The van der Waals surface area contributed by atoms with Gasteiger partial charge in [0.1, 0.15) is 0 Å². The maximum atomic E-state index is 13.1. The summed E-state index contributed by atoms with van der Waals surface area (Å²) in [6.45, 7) is 3.64. The second-order valence-electron chi connectivity index (χ2n) is 9.92. The van der Waals surface area contributed by atoms with E-state index in [-0.39, 0.29) is 42.8 Å². The van der Waals surface area contributed by atoms with Gasteiger partial charge < -0.3 is 15.1 Å². The molecule has 2 fully saturated rings. The Labute approximate surface area is 206 Å². The van der Waals surface area contributed by atoms with Crippen LogP contribution >= 0.6 is 0 Å². The number of rotatable bonds is 6. The van der Waals surface area contributed by atoms with E-state index in [9.17, 15) is 14.4 Å². The van der Waals surface area contributed by atoms with Crippen LogP contribution in [0.2, 0.25) is 0 Å².